The Labute approximate surface area is 170 Å². The molecule has 2 rings (SSSR count). The molecule has 8 nitrogen and oxygen atoms in total. The molecule has 2 aromatic carbocycles. The lowest BCUT2D eigenvalue weighted by Crippen LogP contribution is -2.30. The number of methoxy groups -OCH3 is 1. The van der Waals surface area contributed by atoms with Crippen LogP contribution in [0.5, 0.6) is 0 Å². The van der Waals surface area contributed by atoms with Gasteiger partial charge in [-0.1, -0.05) is 19.9 Å². The summed E-state index contributed by atoms with van der Waals surface area (Å²) in [6.45, 7) is 6.06. The maximum Gasteiger partial charge on any atom is 0.411 e. The van der Waals surface area contributed by atoms with E-state index in [2.05, 4.69) is 15.4 Å². The number of hydrogen-bond acceptors (Lipinski definition) is 5. The van der Waals surface area contributed by atoms with E-state index in [9.17, 15) is 18.0 Å². The Morgan fingerprint density at radius 3 is 2.17 bits per heavy atom. The Bertz CT molecular complexity index is 984. The highest BCUT2D eigenvalue weighted by molar-refractivity contribution is 7.89. The van der Waals surface area contributed by atoms with E-state index in [0.717, 1.165) is 5.56 Å². The number of carbonyl (C=O) groups excluding carboxylic acids is 2. The quantitative estimate of drug-likeness (QED) is 0.715. The third-order valence-electron chi connectivity index (χ3n) is 4.38. The fourth-order valence-electron chi connectivity index (χ4n) is 2.68. The third kappa shape index (κ3) is 5.33. The van der Waals surface area contributed by atoms with Gasteiger partial charge in [0.1, 0.15) is 0 Å². The summed E-state index contributed by atoms with van der Waals surface area (Å²) in [5.74, 6) is -0.393. The van der Waals surface area contributed by atoms with Crippen LogP contribution < -0.4 is 10.6 Å². The van der Waals surface area contributed by atoms with E-state index in [1.54, 1.807) is 51.1 Å². The number of ether oxygens (including phenoxy) is 1. The van der Waals surface area contributed by atoms with Gasteiger partial charge >= 0.3 is 6.09 Å². The van der Waals surface area contributed by atoms with Crippen LogP contribution in [0.3, 0.4) is 0 Å². The van der Waals surface area contributed by atoms with Gasteiger partial charge in [-0.15, -0.1) is 0 Å². The zero-order valence-electron chi connectivity index (χ0n) is 16.9. The van der Waals surface area contributed by atoms with Gasteiger partial charge in [0.2, 0.25) is 10.0 Å². The van der Waals surface area contributed by atoms with Crippen LogP contribution in [-0.4, -0.2) is 44.9 Å². The van der Waals surface area contributed by atoms with E-state index in [-0.39, 0.29) is 4.90 Å². The Kier molecular flexibility index (Phi) is 7.35. The fraction of sp³-hybridized carbons (Fsp3) is 0.300. The van der Waals surface area contributed by atoms with Crippen molar-refractivity contribution in [3.8, 4) is 0 Å². The predicted octanol–water partition coefficient (Wildman–Crippen LogP) is 3.46. The topological polar surface area (TPSA) is 105 Å². The molecule has 0 aliphatic heterocycles. The fourth-order valence-corrected chi connectivity index (χ4v) is 4.16. The van der Waals surface area contributed by atoms with Gasteiger partial charge in [0.05, 0.1) is 12.0 Å². The van der Waals surface area contributed by atoms with E-state index < -0.39 is 22.0 Å². The summed E-state index contributed by atoms with van der Waals surface area (Å²) in [5.41, 5.74) is 1.99. The monoisotopic (exact) mass is 419 g/mol. The molecule has 0 aliphatic rings. The lowest BCUT2D eigenvalue weighted by molar-refractivity contribution is 0.102. The smallest absolute Gasteiger partial charge is 0.411 e. The first kappa shape index (κ1) is 22.4. The summed E-state index contributed by atoms with van der Waals surface area (Å²) in [6.07, 6.45) is -0.607. The summed E-state index contributed by atoms with van der Waals surface area (Å²) in [6, 6.07) is 10.9. The maximum absolute atomic E-state index is 12.7. The molecule has 0 aromatic heterocycles. The number of amides is 2. The van der Waals surface area contributed by atoms with Crippen LogP contribution in [0.4, 0.5) is 16.2 Å². The predicted molar refractivity (Wildman–Crippen MR) is 112 cm³/mol. The first-order valence-electron chi connectivity index (χ1n) is 9.10. The van der Waals surface area contributed by atoms with E-state index in [1.807, 2.05) is 0 Å². The van der Waals surface area contributed by atoms with Crippen molar-refractivity contribution in [3.05, 3.63) is 53.6 Å². The SMILES string of the molecule is CCN(CC)S(=O)(=O)c1ccc(C)c(NC(=O)c2ccc(NC(=O)OC)cc2)c1. The molecule has 0 radical (unpaired) electrons. The molecule has 2 N–H and O–H groups in total. The van der Waals surface area contributed by atoms with E-state index in [0.29, 0.717) is 30.0 Å². The first-order valence-corrected chi connectivity index (χ1v) is 10.5. The highest BCUT2D eigenvalue weighted by Crippen LogP contribution is 2.23. The minimum atomic E-state index is -3.63. The Morgan fingerprint density at radius 1 is 1.00 bits per heavy atom. The number of rotatable bonds is 7. The molecule has 0 spiro atoms. The van der Waals surface area contributed by atoms with Crippen LogP contribution in [0.25, 0.3) is 0 Å². The third-order valence-corrected chi connectivity index (χ3v) is 6.43. The first-order chi connectivity index (χ1) is 13.7. The average Bonchev–Trinajstić information content (AvgIpc) is 2.70. The summed E-state index contributed by atoms with van der Waals surface area (Å²) < 4.78 is 31.3. The molecule has 156 valence electrons. The molecule has 2 amide bonds. The van der Waals surface area contributed by atoms with Crippen molar-refractivity contribution in [2.24, 2.45) is 0 Å². The number of nitrogens with one attached hydrogen (secondary N) is 2. The number of carbonyl (C=O) groups is 2. The zero-order valence-corrected chi connectivity index (χ0v) is 17.7. The Hall–Kier alpha value is -2.91. The number of anilines is 2. The highest BCUT2D eigenvalue weighted by atomic mass is 32.2. The van der Waals surface area contributed by atoms with Crippen LogP contribution in [0.15, 0.2) is 47.4 Å². The second-order valence-corrected chi connectivity index (χ2v) is 8.15. The van der Waals surface area contributed by atoms with Crippen molar-refractivity contribution in [2.45, 2.75) is 25.7 Å². The van der Waals surface area contributed by atoms with Crippen molar-refractivity contribution in [1.29, 1.82) is 0 Å². The van der Waals surface area contributed by atoms with Crippen molar-refractivity contribution in [3.63, 3.8) is 0 Å². The zero-order chi connectivity index (χ0) is 21.6. The molecule has 9 heteroatoms. The lowest BCUT2D eigenvalue weighted by atomic mass is 10.1. The summed E-state index contributed by atoms with van der Waals surface area (Å²) >= 11 is 0. The van der Waals surface area contributed by atoms with Crippen LogP contribution in [0.2, 0.25) is 0 Å². The van der Waals surface area contributed by atoms with E-state index in [4.69, 9.17) is 0 Å². The Morgan fingerprint density at radius 2 is 1.62 bits per heavy atom. The second-order valence-electron chi connectivity index (χ2n) is 6.21. The van der Waals surface area contributed by atoms with Gasteiger partial charge in [-0.05, 0) is 48.9 Å². The molecule has 0 saturated heterocycles. The molecule has 0 unspecified atom stereocenters. The van der Waals surface area contributed by atoms with Gasteiger partial charge in [0, 0.05) is 30.0 Å². The number of nitrogens with zero attached hydrogens (tertiary/aromatic N) is 1. The van der Waals surface area contributed by atoms with Gasteiger partial charge in [-0.2, -0.15) is 4.31 Å². The summed E-state index contributed by atoms with van der Waals surface area (Å²) in [5, 5.41) is 5.25. The minimum Gasteiger partial charge on any atom is -0.453 e. The molecular weight excluding hydrogens is 394 g/mol. The normalized spacial score (nSPS) is 11.2. The van der Waals surface area contributed by atoms with Crippen LogP contribution >= 0.6 is 0 Å². The van der Waals surface area contributed by atoms with E-state index >= 15 is 0 Å². The van der Waals surface area contributed by atoms with Gasteiger partial charge in [-0.3, -0.25) is 10.1 Å². The van der Waals surface area contributed by atoms with Crippen LogP contribution in [0.1, 0.15) is 29.8 Å². The standard InChI is InChI=1S/C20H25N3O5S/c1-5-23(6-2)29(26,27)17-12-7-14(3)18(13-17)22-19(24)15-8-10-16(11-9-15)21-20(25)28-4/h7-13H,5-6H2,1-4H3,(H,21,25)(H,22,24). The molecular formula is C20H25N3O5S. The second kappa shape index (κ2) is 9.53. The molecule has 0 saturated carbocycles. The van der Waals surface area contributed by atoms with Gasteiger partial charge < -0.3 is 10.1 Å². The van der Waals surface area contributed by atoms with Crippen LogP contribution in [-0.2, 0) is 14.8 Å². The summed E-state index contributed by atoms with van der Waals surface area (Å²) in [4.78, 5) is 23.9. The number of aryl methyl sites for hydroxylation is 1. The molecule has 0 bridgehead atoms. The highest BCUT2D eigenvalue weighted by Gasteiger charge is 2.22. The average molecular weight is 420 g/mol. The molecule has 0 fully saturated rings. The van der Waals surface area contributed by atoms with Crippen molar-refractivity contribution in [2.75, 3.05) is 30.8 Å². The minimum absolute atomic E-state index is 0.125. The number of sulfonamides is 1. The van der Waals surface area contributed by atoms with Gasteiger partial charge in [-0.25, -0.2) is 13.2 Å². The molecule has 0 aliphatic carbocycles. The van der Waals surface area contributed by atoms with Crippen molar-refractivity contribution in [1.82, 2.24) is 4.31 Å². The summed E-state index contributed by atoms with van der Waals surface area (Å²) in [7, 11) is -2.37. The lowest BCUT2D eigenvalue weighted by Gasteiger charge is -2.19. The van der Waals surface area contributed by atoms with Gasteiger partial charge in [0.15, 0.2) is 0 Å². The van der Waals surface area contributed by atoms with E-state index in [1.165, 1.54) is 23.5 Å². The van der Waals surface area contributed by atoms with Crippen molar-refractivity contribution >= 4 is 33.4 Å². The number of hydrogen-bond donors (Lipinski definition) is 2. The maximum atomic E-state index is 12.7. The molecule has 0 heterocycles. The number of benzene rings is 2. The van der Waals surface area contributed by atoms with Gasteiger partial charge in [0.25, 0.3) is 5.91 Å². The largest absolute Gasteiger partial charge is 0.453 e. The molecule has 0 atom stereocenters. The van der Waals surface area contributed by atoms with Crippen molar-refractivity contribution < 1.29 is 22.7 Å². The molecule has 2 aromatic rings. The van der Waals surface area contributed by atoms with Crippen LogP contribution in [0, 0.1) is 6.92 Å². The molecule has 29 heavy (non-hydrogen) atoms. The Balaban J connectivity index is 2.23.